The third-order valence-electron chi connectivity index (χ3n) is 8.03. The number of nitrogens with zero attached hydrogens (tertiary/aromatic N) is 5. The fourth-order valence-electron chi connectivity index (χ4n) is 5.80. The summed E-state index contributed by atoms with van der Waals surface area (Å²) in [6.07, 6.45) is 5.12. The highest BCUT2D eigenvalue weighted by molar-refractivity contribution is 5.99. The van der Waals surface area contributed by atoms with Gasteiger partial charge in [0.1, 0.15) is 5.82 Å². The zero-order chi connectivity index (χ0) is 27.7. The van der Waals surface area contributed by atoms with Crippen molar-refractivity contribution in [3.63, 3.8) is 0 Å². The number of amides is 1. The van der Waals surface area contributed by atoms with Crippen LogP contribution >= 0.6 is 0 Å². The van der Waals surface area contributed by atoms with Crippen molar-refractivity contribution >= 4 is 17.6 Å². The lowest BCUT2D eigenvalue weighted by atomic mass is 9.81. The topological polar surface area (TPSA) is 88.4 Å². The Balaban J connectivity index is 1.36. The van der Waals surface area contributed by atoms with Crippen molar-refractivity contribution in [2.24, 2.45) is 0 Å². The van der Waals surface area contributed by atoms with Crippen molar-refractivity contribution in [1.29, 1.82) is 0 Å². The van der Waals surface area contributed by atoms with Gasteiger partial charge in [-0.2, -0.15) is 0 Å². The quantitative estimate of drug-likeness (QED) is 0.355. The first-order chi connectivity index (χ1) is 19.4. The first kappa shape index (κ1) is 25.6. The number of ketones is 1. The Morgan fingerprint density at radius 1 is 0.850 bits per heavy atom. The normalized spacial score (nSPS) is 16.0. The molecule has 1 amide bonds. The van der Waals surface area contributed by atoms with Crippen molar-refractivity contribution < 1.29 is 14.0 Å². The van der Waals surface area contributed by atoms with Gasteiger partial charge in [0.25, 0.3) is 11.5 Å². The number of hydrogen-bond acceptors (Lipinski definition) is 6. The first-order valence-corrected chi connectivity index (χ1v) is 13.4. The lowest BCUT2D eigenvalue weighted by molar-refractivity contribution is 0.0637. The van der Waals surface area contributed by atoms with Gasteiger partial charge in [0.15, 0.2) is 5.78 Å². The van der Waals surface area contributed by atoms with E-state index in [1.54, 1.807) is 52.2 Å². The highest BCUT2D eigenvalue weighted by Crippen LogP contribution is 2.39. The predicted octanol–water partition coefficient (Wildman–Crippen LogP) is 4.21. The molecular formula is C31H28FN5O3. The minimum Gasteiger partial charge on any atom is -0.338 e. The number of rotatable bonds is 5. The summed E-state index contributed by atoms with van der Waals surface area (Å²) in [4.78, 5) is 52.6. The SMILES string of the molecule is O=C(CN1c2nc(-c3ccncc3)cc(=O)n2CCC12CCN(C(=O)c1cccc(F)c1)CC2)c1ccccc1. The molecule has 202 valence electrons. The van der Waals surface area contributed by atoms with Gasteiger partial charge in [-0.05, 0) is 49.6 Å². The van der Waals surface area contributed by atoms with E-state index in [4.69, 9.17) is 4.98 Å². The molecule has 2 aliphatic heterocycles. The van der Waals surface area contributed by atoms with Crippen molar-refractivity contribution in [1.82, 2.24) is 19.4 Å². The summed E-state index contributed by atoms with van der Waals surface area (Å²) in [7, 11) is 0. The molecule has 0 N–H and O–H groups in total. The molecule has 1 saturated heterocycles. The monoisotopic (exact) mass is 537 g/mol. The number of benzene rings is 2. The van der Waals surface area contributed by atoms with E-state index in [2.05, 4.69) is 4.98 Å². The molecule has 2 aromatic carbocycles. The number of carbonyl (C=O) groups excluding carboxylic acids is 2. The van der Waals surface area contributed by atoms with Crippen LogP contribution in [0.1, 0.15) is 40.0 Å². The summed E-state index contributed by atoms with van der Waals surface area (Å²) in [5.41, 5.74) is 1.53. The number of anilines is 1. The summed E-state index contributed by atoms with van der Waals surface area (Å²) in [5, 5.41) is 0. The van der Waals surface area contributed by atoms with Crippen LogP contribution in [0.3, 0.4) is 0 Å². The van der Waals surface area contributed by atoms with Gasteiger partial charge >= 0.3 is 0 Å². The van der Waals surface area contributed by atoms with Crippen LogP contribution in [0, 0.1) is 5.82 Å². The molecular weight excluding hydrogens is 509 g/mol. The van der Waals surface area contributed by atoms with E-state index in [0.29, 0.717) is 61.7 Å². The predicted molar refractivity (Wildman–Crippen MR) is 149 cm³/mol. The van der Waals surface area contributed by atoms with Gasteiger partial charge in [0.05, 0.1) is 12.2 Å². The summed E-state index contributed by atoms with van der Waals surface area (Å²) in [5.74, 6) is -0.280. The lowest BCUT2D eigenvalue weighted by Gasteiger charge is -2.52. The van der Waals surface area contributed by atoms with Crippen LogP contribution in [0.5, 0.6) is 0 Å². The Kier molecular flexibility index (Phi) is 6.71. The molecule has 1 fully saturated rings. The molecule has 0 unspecified atom stereocenters. The number of pyridine rings is 1. The Morgan fingerprint density at radius 3 is 2.27 bits per heavy atom. The fraction of sp³-hybridized carbons (Fsp3) is 0.258. The summed E-state index contributed by atoms with van der Waals surface area (Å²) in [6.45, 7) is 1.40. The Morgan fingerprint density at radius 2 is 1.55 bits per heavy atom. The summed E-state index contributed by atoms with van der Waals surface area (Å²) >= 11 is 0. The van der Waals surface area contributed by atoms with Crippen LogP contribution in [-0.2, 0) is 6.54 Å². The van der Waals surface area contributed by atoms with Crippen LogP contribution in [0.2, 0.25) is 0 Å². The van der Waals surface area contributed by atoms with Gasteiger partial charge in [0.2, 0.25) is 5.95 Å². The average molecular weight is 538 g/mol. The molecule has 0 saturated carbocycles. The van der Waals surface area contributed by atoms with Crippen LogP contribution < -0.4 is 10.5 Å². The number of fused-ring (bicyclic) bond motifs is 1. The molecule has 9 heteroatoms. The third-order valence-corrected chi connectivity index (χ3v) is 8.03. The second kappa shape index (κ2) is 10.5. The van der Waals surface area contributed by atoms with E-state index >= 15 is 0 Å². The number of carbonyl (C=O) groups is 2. The molecule has 2 aromatic heterocycles. The second-order valence-corrected chi connectivity index (χ2v) is 10.3. The van der Waals surface area contributed by atoms with Crippen molar-refractivity contribution in [3.05, 3.63) is 112 Å². The maximum Gasteiger partial charge on any atom is 0.255 e. The number of Topliss-reactive ketones (excluding diaryl/α,β-unsaturated/α-hetero) is 1. The van der Waals surface area contributed by atoms with Crippen LogP contribution in [0.25, 0.3) is 11.3 Å². The van der Waals surface area contributed by atoms with Gasteiger partial charge in [0, 0.05) is 60.3 Å². The van der Waals surface area contributed by atoms with Crippen LogP contribution in [-0.4, -0.2) is 56.3 Å². The number of aromatic nitrogens is 3. The number of likely N-dealkylation sites (tertiary alicyclic amines) is 1. The zero-order valence-corrected chi connectivity index (χ0v) is 21.9. The summed E-state index contributed by atoms with van der Waals surface area (Å²) < 4.78 is 15.4. The van der Waals surface area contributed by atoms with E-state index in [0.717, 1.165) is 5.56 Å². The Bertz CT molecular complexity index is 1620. The molecule has 0 radical (unpaired) electrons. The molecule has 1 spiro atoms. The number of hydrogen-bond donors (Lipinski definition) is 0. The maximum atomic E-state index is 13.8. The average Bonchev–Trinajstić information content (AvgIpc) is 2.99. The van der Waals surface area contributed by atoms with Gasteiger partial charge in [-0.15, -0.1) is 0 Å². The lowest BCUT2D eigenvalue weighted by Crippen LogP contribution is -2.61. The molecule has 8 nitrogen and oxygen atoms in total. The van der Waals surface area contributed by atoms with Gasteiger partial charge in [-0.1, -0.05) is 36.4 Å². The molecule has 2 aliphatic rings. The highest BCUT2D eigenvalue weighted by Gasteiger charge is 2.45. The number of halogens is 1. The van der Waals surface area contributed by atoms with Crippen molar-refractivity contribution in [2.75, 3.05) is 24.5 Å². The van der Waals surface area contributed by atoms with Gasteiger partial charge in [-0.25, -0.2) is 9.37 Å². The molecule has 40 heavy (non-hydrogen) atoms. The standard InChI is InChI=1S/C31H28FN5O3/c32-25-8-4-7-24(19-25)29(40)35-16-11-31(12-17-35)13-18-36-28(39)20-26(22-9-14-33-15-10-22)34-30(36)37(31)21-27(38)23-5-2-1-3-6-23/h1-10,14-15,19-20H,11-13,16-18,21H2. The van der Waals surface area contributed by atoms with Crippen LogP contribution in [0.4, 0.5) is 10.3 Å². The fourth-order valence-corrected chi connectivity index (χ4v) is 5.80. The molecule has 6 rings (SSSR count). The maximum absolute atomic E-state index is 13.8. The third kappa shape index (κ3) is 4.79. The first-order valence-electron chi connectivity index (χ1n) is 13.4. The van der Waals surface area contributed by atoms with E-state index in [1.165, 1.54) is 24.3 Å². The summed E-state index contributed by atoms with van der Waals surface area (Å²) in [6, 6.07) is 19.9. The van der Waals surface area contributed by atoms with Crippen molar-refractivity contribution in [3.8, 4) is 11.3 Å². The zero-order valence-electron chi connectivity index (χ0n) is 21.9. The van der Waals surface area contributed by atoms with Crippen molar-refractivity contribution in [2.45, 2.75) is 31.3 Å². The smallest absolute Gasteiger partial charge is 0.255 e. The largest absolute Gasteiger partial charge is 0.338 e. The van der Waals surface area contributed by atoms with Gasteiger partial charge < -0.3 is 9.80 Å². The number of piperidine rings is 1. The van der Waals surface area contributed by atoms with Gasteiger partial charge in [-0.3, -0.25) is 23.9 Å². The van der Waals surface area contributed by atoms with E-state index < -0.39 is 11.4 Å². The molecule has 0 atom stereocenters. The Labute approximate surface area is 230 Å². The van der Waals surface area contributed by atoms with E-state index in [-0.39, 0.29) is 23.8 Å². The minimum atomic E-state index is -0.473. The van der Waals surface area contributed by atoms with E-state index in [1.807, 2.05) is 23.1 Å². The van der Waals surface area contributed by atoms with Crippen LogP contribution in [0.15, 0.2) is 90.0 Å². The molecule has 0 bridgehead atoms. The van der Waals surface area contributed by atoms with E-state index in [9.17, 15) is 18.8 Å². The second-order valence-electron chi connectivity index (χ2n) is 10.3. The highest BCUT2D eigenvalue weighted by atomic mass is 19.1. The molecule has 4 aromatic rings. The Hall–Kier alpha value is -4.66. The molecule has 0 aliphatic carbocycles. The molecule has 4 heterocycles. The minimum absolute atomic E-state index is 0.0497.